The van der Waals surface area contributed by atoms with Gasteiger partial charge in [-0.15, -0.1) is 0 Å². The Balaban J connectivity index is 2.26. The Labute approximate surface area is 99.1 Å². The van der Waals surface area contributed by atoms with Crippen LogP contribution in [0.3, 0.4) is 0 Å². The van der Waals surface area contributed by atoms with Crippen molar-refractivity contribution in [2.45, 2.75) is 33.8 Å². The van der Waals surface area contributed by atoms with Crippen LogP contribution >= 0.6 is 0 Å². The Bertz CT molecular complexity index is 313. The zero-order chi connectivity index (χ0) is 11.8. The summed E-state index contributed by atoms with van der Waals surface area (Å²) in [7, 11) is 0. The summed E-state index contributed by atoms with van der Waals surface area (Å²) in [6.07, 6.45) is 3.39. The maximum atomic E-state index is 5.61. The molecule has 1 aromatic carbocycles. The van der Waals surface area contributed by atoms with E-state index in [9.17, 15) is 0 Å². The Hall–Kier alpha value is -1.08. The van der Waals surface area contributed by atoms with E-state index in [0.717, 1.165) is 0 Å². The Morgan fingerprint density at radius 1 is 1.31 bits per heavy atom. The van der Waals surface area contributed by atoms with Crippen molar-refractivity contribution >= 4 is 0 Å². The van der Waals surface area contributed by atoms with E-state index in [1.54, 1.807) is 0 Å². The van der Waals surface area contributed by atoms with Crippen molar-refractivity contribution in [2.24, 2.45) is 5.92 Å². The lowest BCUT2D eigenvalue weighted by molar-refractivity contribution is 0.148. The van der Waals surface area contributed by atoms with Crippen molar-refractivity contribution in [3.05, 3.63) is 47.5 Å². The lowest BCUT2D eigenvalue weighted by Crippen LogP contribution is -1.98. The highest BCUT2D eigenvalue weighted by Crippen LogP contribution is 2.12. The summed E-state index contributed by atoms with van der Waals surface area (Å²) in [5.74, 6) is 0.667. The molecule has 1 atom stereocenters. The van der Waals surface area contributed by atoms with E-state index >= 15 is 0 Å². The number of hydrogen-bond donors (Lipinski definition) is 0. The minimum Gasteiger partial charge on any atom is -0.373 e. The molecule has 0 N–H and O–H groups in total. The lowest BCUT2D eigenvalue weighted by Gasteiger charge is -2.09. The van der Waals surface area contributed by atoms with Crippen molar-refractivity contribution in [1.82, 2.24) is 0 Å². The van der Waals surface area contributed by atoms with E-state index in [2.05, 4.69) is 39.0 Å². The van der Waals surface area contributed by atoms with Gasteiger partial charge in [0.25, 0.3) is 0 Å². The van der Waals surface area contributed by atoms with Crippen LogP contribution in [0.25, 0.3) is 0 Å². The van der Waals surface area contributed by atoms with E-state index in [1.807, 2.05) is 18.2 Å². The zero-order valence-corrected chi connectivity index (χ0v) is 10.6. The molecule has 0 aliphatic heterocycles. The molecule has 16 heavy (non-hydrogen) atoms. The fourth-order valence-corrected chi connectivity index (χ4v) is 1.46. The molecule has 1 rings (SSSR count). The minimum absolute atomic E-state index is 0.667. The monoisotopic (exact) mass is 218 g/mol. The van der Waals surface area contributed by atoms with Crippen LogP contribution in [0.5, 0.6) is 0 Å². The highest BCUT2D eigenvalue weighted by Gasteiger charge is 1.99. The molecule has 0 heterocycles. The van der Waals surface area contributed by atoms with Gasteiger partial charge in [0.2, 0.25) is 0 Å². The number of rotatable bonds is 6. The number of allylic oxidation sites excluding steroid dienone is 1. The highest BCUT2D eigenvalue weighted by molar-refractivity contribution is 5.13. The first-order valence-corrected chi connectivity index (χ1v) is 6.02. The van der Waals surface area contributed by atoms with Gasteiger partial charge < -0.3 is 4.74 Å². The van der Waals surface area contributed by atoms with Gasteiger partial charge in [-0.05, 0) is 24.8 Å². The molecule has 0 aliphatic carbocycles. The van der Waals surface area contributed by atoms with Gasteiger partial charge in [0, 0.05) is 0 Å². The van der Waals surface area contributed by atoms with E-state index in [0.29, 0.717) is 19.1 Å². The molecule has 88 valence electrons. The standard InChI is InChI=1S/C15H22O/c1-4-13(2)14(3)10-11-16-12-15-8-6-5-7-9-15/h5-10,13H,4,11-12H2,1-3H3. The molecule has 0 amide bonds. The summed E-state index contributed by atoms with van der Waals surface area (Å²) in [5, 5.41) is 0. The highest BCUT2D eigenvalue weighted by atomic mass is 16.5. The molecule has 0 aromatic heterocycles. The first-order chi connectivity index (χ1) is 7.74. The van der Waals surface area contributed by atoms with Crippen LogP contribution in [-0.2, 0) is 11.3 Å². The third kappa shape index (κ3) is 4.63. The van der Waals surface area contributed by atoms with Gasteiger partial charge in [0.05, 0.1) is 13.2 Å². The summed E-state index contributed by atoms with van der Waals surface area (Å²) in [5.41, 5.74) is 2.66. The van der Waals surface area contributed by atoms with Crippen molar-refractivity contribution in [3.63, 3.8) is 0 Å². The Morgan fingerprint density at radius 2 is 2.00 bits per heavy atom. The molecule has 0 aliphatic rings. The van der Waals surface area contributed by atoms with Crippen LogP contribution in [-0.4, -0.2) is 6.61 Å². The predicted octanol–water partition coefficient (Wildman–Crippen LogP) is 4.20. The normalized spacial score (nSPS) is 13.8. The van der Waals surface area contributed by atoms with E-state index in [-0.39, 0.29) is 0 Å². The Kier molecular flexibility index (Phi) is 5.87. The molecule has 0 fully saturated rings. The van der Waals surface area contributed by atoms with Crippen molar-refractivity contribution in [2.75, 3.05) is 6.61 Å². The predicted molar refractivity (Wildman–Crippen MR) is 69.3 cm³/mol. The molecule has 1 nitrogen and oxygen atoms in total. The van der Waals surface area contributed by atoms with Gasteiger partial charge in [-0.25, -0.2) is 0 Å². The van der Waals surface area contributed by atoms with Gasteiger partial charge >= 0.3 is 0 Å². The van der Waals surface area contributed by atoms with Crippen LogP contribution in [0.15, 0.2) is 42.0 Å². The van der Waals surface area contributed by atoms with Crippen LogP contribution in [0.4, 0.5) is 0 Å². The average Bonchev–Trinajstić information content (AvgIpc) is 2.34. The van der Waals surface area contributed by atoms with E-state index in [4.69, 9.17) is 4.74 Å². The molecular weight excluding hydrogens is 196 g/mol. The maximum Gasteiger partial charge on any atom is 0.0721 e. The molecule has 0 saturated carbocycles. The number of benzene rings is 1. The van der Waals surface area contributed by atoms with Crippen LogP contribution in [0, 0.1) is 5.92 Å². The molecule has 1 heteroatoms. The smallest absolute Gasteiger partial charge is 0.0721 e. The molecule has 0 saturated heterocycles. The van der Waals surface area contributed by atoms with Crippen LogP contribution in [0.1, 0.15) is 32.8 Å². The minimum atomic E-state index is 0.667. The fourth-order valence-electron chi connectivity index (χ4n) is 1.46. The number of hydrogen-bond acceptors (Lipinski definition) is 1. The maximum absolute atomic E-state index is 5.61. The molecular formula is C15H22O. The fraction of sp³-hybridized carbons (Fsp3) is 0.467. The second-order valence-corrected chi connectivity index (χ2v) is 4.26. The first kappa shape index (κ1) is 13.0. The second kappa shape index (κ2) is 7.24. The molecule has 0 spiro atoms. The number of ether oxygens (including phenoxy) is 1. The van der Waals surface area contributed by atoms with Crippen LogP contribution in [0.2, 0.25) is 0 Å². The molecule has 0 bridgehead atoms. The first-order valence-electron chi connectivity index (χ1n) is 6.02. The van der Waals surface area contributed by atoms with E-state index in [1.165, 1.54) is 17.6 Å². The summed E-state index contributed by atoms with van der Waals surface area (Å²) >= 11 is 0. The van der Waals surface area contributed by atoms with Gasteiger partial charge in [-0.2, -0.15) is 0 Å². The zero-order valence-electron chi connectivity index (χ0n) is 10.6. The summed E-state index contributed by atoms with van der Waals surface area (Å²) in [6.45, 7) is 8.06. The second-order valence-electron chi connectivity index (χ2n) is 4.26. The van der Waals surface area contributed by atoms with Crippen LogP contribution < -0.4 is 0 Å². The summed E-state index contributed by atoms with van der Waals surface area (Å²) < 4.78 is 5.61. The lowest BCUT2D eigenvalue weighted by atomic mass is 10.0. The quantitative estimate of drug-likeness (QED) is 0.513. The van der Waals surface area contributed by atoms with Gasteiger partial charge in [0.1, 0.15) is 0 Å². The third-order valence-corrected chi connectivity index (χ3v) is 3.02. The molecule has 0 radical (unpaired) electrons. The SMILES string of the molecule is CCC(C)C(C)=CCOCc1ccccc1. The molecule has 1 unspecified atom stereocenters. The topological polar surface area (TPSA) is 9.23 Å². The summed E-state index contributed by atoms with van der Waals surface area (Å²) in [6, 6.07) is 10.3. The average molecular weight is 218 g/mol. The van der Waals surface area contributed by atoms with E-state index < -0.39 is 0 Å². The van der Waals surface area contributed by atoms with Crippen molar-refractivity contribution in [1.29, 1.82) is 0 Å². The van der Waals surface area contributed by atoms with Crippen molar-refractivity contribution < 1.29 is 4.74 Å². The molecule has 1 aromatic rings. The van der Waals surface area contributed by atoms with Gasteiger partial charge in [0.15, 0.2) is 0 Å². The van der Waals surface area contributed by atoms with Crippen molar-refractivity contribution in [3.8, 4) is 0 Å². The van der Waals surface area contributed by atoms with Gasteiger partial charge in [-0.1, -0.05) is 55.8 Å². The van der Waals surface area contributed by atoms with Gasteiger partial charge in [-0.3, -0.25) is 0 Å². The largest absolute Gasteiger partial charge is 0.373 e. The summed E-state index contributed by atoms with van der Waals surface area (Å²) in [4.78, 5) is 0. The Morgan fingerprint density at radius 3 is 2.62 bits per heavy atom. The third-order valence-electron chi connectivity index (χ3n) is 3.02.